The smallest absolute Gasteiger partial charge is 0.433 e. The molecule has 0 N–H and O–H groups in total. The Morgan fingerprint density at radius 3 is 2.09 bits per heavy atom. The fourth-order valence-electron chi connectivity index (χ4n) is 3.89. The number of carbonyl (C=O) groups excluding carboxylic acids is 3. The van der Waals surface area contributed by atoms with Crippen molar-refractivity contribution in [1.29, 1.82) is 0 Å². The molecule has 2 aromatic rings. The maximum Gasteiger partial charge on any atom is 0.433 e. The van der Waals surface area contributed by atoms with Gasteiger partial charge in [-0.1, -0.05) is 12.1 Å². The third-order valence-electron chi connectivity index (χ3n) is 5.09. The zero-order valence-electron chi connectivity index (χ0n) is 17.5. The second-order valence-electron chi connectivity index (χ2n) is 7.64. The number of ketones is 2. The van der Waals surface area contributed by atoms with Crippen LogP contribution < -0.4 is 15.2 Å². The van der Waals surface area contributed by atoms with Crippen LogP contribution in [0.25, 0.3) is 0 Å². The van der Waals surface area contributed by atoms with Gasteiger partial charge in [0.25, 0.3) is 11.5 Å². The molecule has 1 aromatic heterocycles. The van der Waals surface area contributed by atoms with Crippen molar-refractivity contribution in [3.63, 3.8) is 0 Å². The molecule has 3 rings (SSSR count). The highest BCUT2D eigenvalue weighted by Crippen LogP contribution is 2.40. The van der Waals surface area contributed by atoms with Gasteiger partial charge in [0.15, 0.2) is 5.69 Å². The van der Waals surface area contributed by atoms with E-state index < -0.39 is 59.2 Å². The Hall–Kier alpha value is -3.50. The van der Waals surface area contributed by atoms with Gasteiger partial charge in [-0.25, -0.2) is 4.98 Å². The summed E-state index contributed by atoms with van der Waals surface area (Å²) >= 11 is 0. The summed E-state index contributed by atoms with van der Waals surface area (Å²) in [6.07, 6.45) is -6.01. The summed E-state index contributed by atoms with van der Waals surface area (Å²) in [6, 6.07) is 6.65. The van der Waals surface area contributed by atoms with Crippen LogP contribution in [0, 0.1) is 0 Å². The summed E-state index contributed by atoms with van der Waals surface area (Å²) in [4.78, 5) is 54.8. The van der Waals surface area contributed by atoms with Crippen LogP contribution in [-0.4, -0.2) is 34.1 Å². The van der Waals surface area contributed by atoms with Crippen molar-refractivity contribution in [2.75, 3.05) is 12.0 Å². The molecular weight excluding hydrogens is 431 g/mol. The lowest BCUT2D eigenvalue weighted by Gasteiger charge is -2.27. The first-order valence-corrected chi connectivity index (χ1v) is 9.54. The van der Waals surface area contributed by atoms with E-state index in [1.54, 1.807) is 24.3 Å². The van der Waals surface area contributed by atoms with Crippen molar-refractivity contribution in [1.82, 2.24) is 9.55 Å². The molecule has 0 atom stereocenters. The van der Waals surface area contributed by atoms with Crippen molar-refractivity contribution < 1.29 is 32.3 Å². The van der Waals surface area contributed by atoms with Crippen LogP contribution >= 0.6 is 0 Å². The molecule has 8 nitrogen and oxygen atoms in total. The van der Waals surface area contributed by atoms with Gasteiger partial charge in [0, 0.05) is 18.9 Å². The summed E-state index contributed by atoms with van der Waals surface area (Å²) in [5.41, 5.74) is -4.11. The molecule has 0 radical (unpaired) electrons. The van der Waals surface area contributed by atoms with E-state index in [2.05, 4.69) is 4.98 Å². The quantitative estimate of drug-likeness (QED) is 0.642. The summed E-state index contributed by atoms with van der Waals surface area (Å²) in [7, 11) is 1.46. The summed E-state index contributed by atoms with van der Waals surface area (Å²) < 4.78 is 45.9. The van der Waals surface area contributed by atoms with Crippen LogP contribution in [0.3, 0.4) is 0 Å². The molecule has 1 aromatic carbocycles. The minimum absolute atomic E-state index is 0.228. The van der Waals surface area contributed by atoms with Crippen molar-refractivity contribution >= 4 is 23.4 Å². The fraction of sp³-hybridized carbons (Fsp3) is 0.381. The molecule has 0 fully saturated rings. The van der Waals surface area contributed by atoms with Gasteiger partial charge in [-0.15, -0.1) is 0 Å². The minimum Gasteiger partial charge on any atom is -0.497 e. The fourth-order valence-corrected chi connectivity index (χ4v) is 3.89. The number of hydrogen-bond acceptors (Lipinski definition) is 6. The van der Waals surface area contributed by atoms with E-state index >= 15 is 0 Å². The molecule has 0 bridgehead atoms. The highest BCUT2D eigenvalue weighted by Gasteiger charge is 2.54. The van der Waals surface area contributed by atoms with Gasteiger partial charge >= 0.3 is 6.18 Å². The lowest BCUT2D eigenvalue weighted by Crippen LogP contribution is -2.48. The Labute approximate surface area is 180 Å². The average molecular weight is 451 g/mol. The zero-order valence-corrected chi connectivity index (χ0v) is 17.5. The number of fused-ring (bicyclic) bond motifs is 1. The van der Waals surface area contributed by atoms with E-state index in [-0.39, 0.29) is 12.6 Å². The highest BCUT2D eigenvalue weighted by molar-refractivity contribution is 6.06. The lowest BCUT2D eigenvalue weighted by atomic mass is 9.87. The largest absolute Gasteiger partial charge is 0.497 e. The number of anilines is 1. The monoisotopic (exact) mass is 451 g/mol. The number of alkyl halides is 3. The van der Waals surface area contributed by atoms with Gasteiger partial charge in [-0.3, -0.25) is 28.6 Å². The molecule has 1 amide bonds. The Morgan fingerprint density at radius 2 is 1.62 bits per heavy atom. The van der Waals surface area contributed by atoms with Crippen LogP contribution in [0.2, 0.25) is 0 Å². The second-order valence-corrected chi connectivity index (χ2v) is 7.64. The summed E-state index contributed by atoms with van der Waals surface area (Å²) in [6.45, 7) is 2.11. The molecule has 11 heteroatoms. The van der Waals surface area contributed by atoms with Crippen LogP contribution in [0.5, 0.6) is 5.75 Å². The number of ether oxygens (including phenoxy) is 1. The maximum atomic E-state index is 13.5. The van der Waals surface area contributed by atoms with E-state index in [4.69, 9.17) is 4.74 Å². The molecule has 0 spiro atoms. The predicted octanol–water partition coefficient (Wildman–Crippen LogP) is 2.47. The van der Waals surface area contributed by atoms with E-state index in [1.807, 2.05) is 0 Å². The molecule has 1 aliphatic heterocycles. The first-order chi connectivity index (χ1) is 14.9. The molecule has 170 valence electrons. The van der Waals surface area contributed by atoms with Gasteiger partial charge < -0.3 is 4.74 Å². The van der Waals surface area contributed by atoms with E-state index in [9.17, 15) is 32.3 Å². The SMILES string of the molecule is COc1ccc(CN2C(=O)C(CC(C)=O)(CC(C)=O)n3c2nc(C(F)(F)F)cc3=O)cc1. The Balaban J connectivity index is 2.24. The molecule has 1 aliphatic rings. The molecular formula is C21H20F3N3O5. The van der Waals surface area contributed by atoms with Crippen molar-refractivity contribution in [2.24, 2.45) is 0 Å². The summed E-state index contributed by atoms with van der Waals surface area (Å²) in [5, 5.41) is 0. The van der Waals surface area contributed by atoms with E-state index in [0.717, 1.165) is 9.47 Å². The number of amides is 1. The Bertz CT molecular complexity index is 1120. The molecule has 0 saturated carbocycles. The van der Waals surface area contributed by atoms with E-state index in [0.29, 0.717) is 11.3 Å². The number of benzene rings is 1. The number of halogens is 3. The van der Waals surface area contributed by atoms with Gasteiger partial charge in [0.05, 0.1) is 13.7 Å². The number of nitrogens with zero attached hydrogens (tertiary/aromatic N) is 3. The average Bonchev–Trinajstić information content (AvgIpc) is 2.89. The maximum absolute atomic E-state index is 13.5. The lowest BCUT2D eigenvalue weighted by molar-refractivity contribution is -0.141. The number of Topliss-reactive ketones (excluding diaryl/α,β-unsaturated/α-hetero) is 2. The summed E-state index contributed by atoms with van der Waals surface area (Å²) in [5.74, 6) is -1.90. The van der Waals surface area contributed by atoms with Gasteiger partial charge in [0.2, 0.25) is 5.95 Å². The molecule has 0 unspecified atom stereocenters. The van der Waals surface area contributed by atoms with Gasteiger partial charge in [-0.05, 0) is 31.5 Å². The van der Waals surface area contributed by atoms with Crippen LogP contribution in [0.15, 0.2) is 35.1 Å². The van der Waals surface area contributed by atoms with Crippen molar-refractivity contribution in [3.8, 4) is 5.75 Å². The van der Waals surface area contributed by atoms with Crippen molar-refractivity contribution in [3.05, 3.63) is 51.9 Å². The number of aromatic nitrogens is 2. The first-order valence-electron chi connectivity index (χ1n) is 9.54. The Kier molecular flexibility index (Phi) is 5.94. The second kappa shape index (κ2) is 8.21. The number of rotatable bonds is 7. The van der Waals surface area contributed by atoms with Gasteiger partial charge in [-0.2, -0.15) is 13.2 Å². The third kappa shape index (κ3) is 4.14. The first kappa shape index (κ1) is 23.2. The molecule has 32 heavy (non-hydrogen) atoms. The third-order valence-corrected chi connectivity index (χ3v) is 5.09. The Morgan fingerprint density at radius 1 is 1.06 bits per heavy atom. The number of hydrogen-bond donors (Lipinski definition) is 0. The minimum atomic E-state index is -4.93. The highest BCUT2D eigenvalue weighted by atomic mass is 19.4. The normalized spacial score (nSPS) is 14.9. The molecule has 2 heterocycles. The van der Waals surface area contributed by atoms with E-state index in [1.165, 1.54) is 21.0 Å². The van der Waals surface area contributed by atoms with Crippen LogP contribution in [0.4, 0.5) is 19.1 Å². The van der Waals surface area contributed by atoms with Crippen molar-refractivity contribution in [2.45, 2.75) is 44.9 Å². The van der Waals surface area contributed by atoms with Crippen LogP contribution in [-0.2, 0) is 32.6 Å². The molecule has 0 aliphatic carbocycles. The number of methoxy groups -OCH3 is 1. The predicted molar refractivity (Wildman–Crippen MR) is 106 cm³/mol. The van der Waals surface area contributed by atoms with Crippen LogP contribution in [0.1, 0.15) is 37.9 Å². The topological polar surface area (TPSA) is 98.6 Å². The zero-order chi connectivity index (χ0) is 23.8. The molecule has 0 saturated heterocycles. The number of carbonyl (C=O) groups is 3. The standard InChI is InChI=1S/C21H20F3N3O5/c1-12(28)9-20(10-13(2)29)18(31)26(11-14-4-6-15(32-3)7-5-14)19-25-16(21(22,23)24)8-17(30)27(19)20/h4-8H,9-11H2,1-3H3. The van der Waals surface area contributed by atoms with Gasteiger partial charge in [0.1, 0.15) is 22.9 Å².